The first-order chi connectivity index (χ1) is 18.6. The molecule has 1 aromatic carbocycles. The molecule has 4 aliphatic rings. The molecule has 1 N–H and O–H groups in total. The van der Waals surface area contributed by atoms with Crippen LogP contribution in [0.3, 0.4) is 0 Å². The van der Waals surface area contributed by atoms with E-state index in [0.29, 0.717) is 44.0 Å². The molecule has 9 heteroatoms. The van der Waals surface area contributed by atoms with Gasteiger partial charge < -0.3 is 23.7 Å². The van der Waals surface area contributed by atoms with Crippen molar-refractivity contribution in [3.05, 3.63) is 42.5 Å². The molecule has 0 unspecified atom stereocenters. The van der Waals surface area contributed by atoms with Gasteiger partial charge in [0.25, 0.3) is 5.97 Å². The van der Waals surface area contributed by atoms with Gasteiger partial charge in [0.2, 0.25) is 0 Å². The molecule has 0 radical (unpaired) electrons. The van der Waals surface area contributed by atoms with Gasteiger partial charge >= 0.3 is 0 Å². The molecule has 2 bridgehead atoms. The molecule has 39 heavy (non-hydrogen) atoms. The third-order valence-electron chi connectivity index (χ3n) is 9.19. The predicted octanol–water partition coefficient (Wildman–Crippen LogP) is 5.70. The third-order valence-corrected chi connectivity index (χ3v) is 15.7. The molecule has 7 nitrogen and oxygen atoms in total. The molecule has 1 aliphatic carbocycles. The Morgan fingerprint density at radius 2 is 1.62 bits per heavy atom. The molecule has 220 valence electrons. The molecule has 4 fully saturated rings. The maximum atomic E-state index is 13.3. The van der Waals surface area contributed by atoms with Crippen LogP contribution < -0.4 is 0 Å². The number of aliphatic hydroxyl groups excluding tert-OH is 1. The van der Waals surface area contributed by atoms with Crippen LogP contribution in [0.4, 0.5) is 0 Å². The number of aliphatic hydroxyl groups is 1. The van der Waals surface area contributed by atoms with Crippen molar-refractivity contribution in [2.24, 2.45) is 17.3 Å². The van der Waals surface area contributed by atoms with Gasteiger partial charge in [0.15, 0.2) is 18.2 Å². The lowest BCUT2D eigenvalue weighted by Gasteiger charge is -2.50. The highest BCUT2D eigenvalue weighted by molar-refractivity contribution is 7.91. The summed E-state index contributed by atoms with van der Waals surface area (Å²) < 4.78 is 51.1. The number of hydrogen-bond acceptors (Lipinski definition) is 7. The Balaban J connectivity index is 1.41. The molecule has 3 aliphatic heterocycles. The lowest BCUT2D eigenvalue weighted by Crippen LogP contribution is -2.58. The van der Waals surface area contributed by atoms with E-state index in [-0.39, 0.29) is 29.1 Å². The molecule has 1 saturated carbocycles. The van der Waals surface area contributed by atoms with Crippen molar-refractivity contribution in [1.82, 2.24) is 0 Å². The molecule has 4 atom stereocenters. The number of benzene rings is 1. The fourth-order valence-corrected chi connectivity index (χ4v) is 10.9. The average molecular weight is 581 g/mol. The van der Waals surface area contributed by atoms with E-state index < -0.39 is 30.2 Å². The number of fused-ring (bicyclic) bond motifs is 3. The van der Waals surface area contributed by atoms with E-state index in [1.165, 1.54) is 0 Å². The fourth-order valence-electron chi connectivity index (χ4n) is 6.27. The fraction of sp³-hybridized carbons (Fsp3) is 0.733. The lowest BCUT2D eigenvalue weighted by molar-refractivity contribution is -0.467. The van der Waals surface area contributed by atoms with Gasteiger partial charge in [-0.05, 0) is 61.9 Å². The van der Waals surface area contributed by atoms with E-state index in [4.69, 9.17) is 18.6 Å². The normalized spacial score (nSPS) is 33.3. The number of ether oxygens (including phenoxy) is 3. The maximum absolute atomic E-state index is 13.3. The summed E-state index contributed by atoms with van der Waals surface area (Å²) in [6, 6.07) is 11.6. The van der Waals surface area contributed by atoms with Crippen LogP contribution in [0, 0.1) is 17.3 Å². The van der Waals surface area contributed by atoms with Crippen molar-refractivity contribution in [3.63, 3.8) is 0 Å². The standard InChI is InChI=1S/C30H48O7SSi/c1-5-39(6-2,7-3)37-28-19-27(31)26(20-38(32,33)24-15-11-10-12-16-24)25(28)17-13-8-9-14-18-30-34-21-29(4,22-35-30)23-36-30/h8,10-13,15-16,25-28,31H,5-7,9,14,17-23H2,1-4H3/b13-8-/t25-,26-,27-,28+,29?,30?/m1/s1. The molecule has 0 spiro atoms. The Bertz CT molecular complexity index is 1020. The van der Waals surface area contributed by atoms with E-state index in [0.717, 1.165) is 31.0 Å². The second-order valence-electron chi connectivity index (χ2n) is 12.1. The zero-order valence-electron chi connectivity index (χ0n) is 24.1. The molecule has 0 aromatic heterocycles. The van der Waals surface area contributed by atoms with Crippen LogP contribution in [0.2, 0.25) is 18.1 Å². The number of allylic oxidation sites excluding steroid dienone is 2. The second kappa shape index (κ2) is 12.8. The zero-order valence-corrected chi connectivity index (χ0v) is 26.0. The topological polar surface area (TPSA) is 91.3 Å². The molecular formula is C30H48O7SSi. The van der Waals surface area contributed by atoms with Crippen molar-refractivity contribution in [1.29, 1.82) is 0 Å². The van der Waals surface area contributed by atoms with Gasteiger partial charge in [-0.2, -0.15) is 0 Å². The predicted molar refractivity (Wildman–Crippen MR) is 154 cm³/mol. The van der Waals surface area contributed by atoms with Crippen LogP contribution in [0.25, 0.3) is 0 Å². The van der Waals surface area contributed by atoms with Crippen molar-refractivity contribution >= 4 is 18.2 Å². The monoisotopic (exact) mass is 580 g/mol. The van der Waals surface area contributed by atoms with Crippen molar-refractivity contribution in [2.75, 3.05) is 25.6 Å². The summed E-state index contributed by atoms with van der Waals surface area (Å²) in [6.45, 7) is 10.7. The van der Waals surface area contributed by atoms with Crippen LogP contribution >= 0.6 is 0 Å². The van der Waals surface area contributed by atoms with Gasteiger partial charge in [-0.1, -0.05) is 58.0 Å². The highest BCUT2D eigenvalue weighted by Crippen LogP contribution is 2.42. The first-order valence-corrected chi connectivity index (χ1v) is 19.0. The number of hydrogen-bond donors (Lipinski definition) is 1. The van der Waals surface area contributed by atoms with Gasteiger partial charge in [-0.3, -0.25) is 0 Å². The number of rotatable bonds is 14. The average Bonchev–Trinajstić information content (AvgIpc) is 3.23. The number of unbranched alkanes of at least 4 members (excludes halogenated alkanes) is 1. The summed E-state index contributed by atoms with van der Waals surface area (Å²) in [5, 5.41) is 11.1. The molecule has 0 amide bonds. The highest BCUT2D eigenvalue weighted by Gasteiger charge is 2.50. The quantitative estimate of drug-likeness (QED) is 0.171. The molecule has 5 rings (SSSR count). The van der Waals surface area contributed by atoms with E-state index in [9.17, 15) is 13.5 Å². The van der Waals surface area contributed by atoms with E-state index in [1.807, 2.05) is 6.07 Å². The van der Waals surface area contributed by atoms with Crippen molar-refractivity contribution < 1.29 is 32.2 Å². The minimum absolute atomic E-state index is 0.0373. The smallest absolute Gasteiger partial charge is 0.282 e. The minimum atomic E-state index is -3.53. The first kappa shape index (κ1) is 30.9. The van der Waals surface area contributed by atoms with Crippen molar-refractivity contribution in [3.8, 4) is 0 Å². The van der Waals surface area contributed by atoms with Gasteiger partial charge in [0.05, 0.1) is 42.7 Å². The van der Waals surface area contributed by atoms with Gasteiger partial charge in [0, 0.05) is 17.8 Å². The SMILES string of the molecule is CC[Si](CC)(CC)O[C@H]1C[C@@H](O)[C@H](CS(=O)(=O)c2ccccc2)[C@H]1C/C=C\CCCC12OCC(C)(CO1)CO2. The summed E-state index contributed by atoms with van der Waals surface area (Å²) in [5.41, 5.74) is -0.0373. The van der Waals surface area contributed by atoms with Crippen LogP contribution in [0.5, 0.6) is 0 Å². The largest absolute Gasteiger partial charge is 0.414 e. The number of sulfone groups is 1. The Morgan fingerprint density at radius 1 is 1.00 bits per heavy atom. The van der Waals surface area contributed by atoms with Gasteiger partial charge in [0.1, 0.15) is 0 Å². The molecule has 1 aromatic rings. The van der Waals surface area contributed by atoms with Crippen LogP contribution in [-0.2, 0) is 28.5 Å². The first-order valence-electron chi connectivity index (χ1n) is 14.8. The molecular weight excluding hydrogens is 532 g/mol. The Labute approximate surface area is 236 Å². The van der Waals surface area contributed by atoms with Gasteiger partial charge in [-0.15, -0.1) is 0 Å². The van der Waals surface area contributed by atoms with Gasteiger partial charge in [-0.25, -0.2) is 8.42 Å². The summed E-state index contributed by atoms with van der Waals surface area (Å²) >= 11 is 0. The summed E-state index contributed by atoms with van der Waals surface area (Å²) in [5.74, 6) is -1.38. The van der Waals surface area contributed by atoms with Crippen LogP contribution in [0.1, 0.15) is 59.8 Å². The highest BCUT2D eigenvalue weighted by atomic mass is 32.2. The summed E-state index contributed by atoms with van der Waals surface area (Å²) in [7, 11) is -5.45. The molecule has 3 heterocycles. The second-order valence-corrected chi connectivity index (χ2v) is 18.8. The third kappa shape index (κ3) is 7.23. The summed E-state index contributed by atoms with van der Waals surface area (Å²) in [6.07, 6.45) is 7.05. The van der Waals surface area contributed by atoms with Crippen molar-refractivity contribution in [2.45, 2.75) is 101 Å². The molecule has 3 saturated heterocycles. The Hall–Kier alpha value is -1.07. The lowest BCUT2D eigenvalue weighted by atomic mass is 9.91. The minimum Gasteiger partial charge on any atom is -0.414 e. The zero-order chi connectivity index (χ0) is 28.2. The van der Waals surface area contributed by atoms with E-state index >= 15 is 0 Å². The Morgan fingerprint density at radius 3 is 2.21 bits per heavy atom. The summed E-state index contributed by atoms with van der Waals surface area (Å²) in [4.78, 5) is 0.312. The maximum Gasteiger partial charge on any atom is 0.282 e. The van der Waals surface area contributed by atoms with E-state index in [1.54, 1.807) is 24.3 Å². The Kier molecular flexibility index (Phi) is 10.2. The van der Waals surface area contributed by atoms with Crippen LogP contribution in [0.15, 0.2) is 47.4 Å². The van der Waals surface area contributed by atoms with E-state index in [2.05, 4.69) is 39.8 Å². The van der Waals surface area contributed by atoms with Crippen LogP contribution in [-0.4, -0.2) is 65.6 Å².